The summed E-state index contributed by atoms with van der Waals surface area (Å²) >= 11 is 16.0. The molecule has 2 N–H and O–H groups in total. The molecule has 0 spiro atoms. The van der Waals surface area contributed by atoms with Crippen molar-refractivity contribution < 1.29 is 4.74 Å². The summed E-state index contributed by atoms with van der Waals surface area (Å²) in [5, 5.41) is 17.3. The van der Waals surface area contributed by atoms with Gasteiger partial charge in [0.2, 0.25) is 0 Å². The number of thioether (sulfide) groups is 1. The third-order valence-corrected chi connectivity index (χ3v) is 7.63. The van der Waals surface area contributed by atoms with Crippen LogP contribution in [0.1, 0.15) is 11.1 Å². The molecule has 0 aliphatic heterocycles. The molecule has 0 unspecified atom stereocenters. The van der Waals surface area contributed by atoms with E-state index in [4.69, 9.17) is 27.9 Å². The Balaban J connectivity index is 1.66. The van der Waals surface area contributed by atoms with Crippen LogP contribution in [-0.4, -0.2) is 30.6 Å². The quantitative estimate of drug-likeness (QED) is 0.221. The smallest absolute Gasteiger partial charge is 0.139 e. The highest BCUT2D eigenvalue weighted by atomic mass is 35.5. The molecule has 4 rings (SSSR count). The lowest BCUT2D eigenvalue weighted by atomic mass is 10.1. The topological polar surface area (TPSA) is 70.0 Å². The zero-order valence-corrected chi connectivity index (χ0v) is 21.8. The lowest BCUT2D eigenvalue weighted by Crippen LogP contribution is -2.16. The summed E-state index contributed by atoms with van der Waals surface area (Å²) in [6.45, 7) is 1.84. The SMILES string of the molecule is COc1cc(Nc2c(C#N)cnc3cc(-c4ccc(CNCCSC)cc4)sc23)c(Cl)cc1Cl. The fourth-order valence-electron chi connectivity index (χ4n) is 3.44. The second kappa shape index (κ2) is 11.3. The van der Waals surface area contributed by atoms with Gasteiger partial charge in [0, 0.05) is 36.0 Å². The molecule has 34 heavy (non-hydrogen) atoms. The molecular formula is C25H22Cl2N4OS2. The van der Waals surface area contributed by atoms with Crippen molar-refractivity contribution in [3.63, 3.8) is 0 Å². The summed E-state index contributed by atoms with van der Waals surface area (Å²) in [5.41, 5.74) is 4.83. The van der Waals surface area contributed by atoms with Crippen molar-refractivity contribution in [2.24, 2.45) is 0 Å². The number of nitrogens with one attached hydrogen (secondary N) is 2. The molecule has 0 aliphatic carbocycles. The first-order valence-corrected chi connectivity index (χ1v) is 13.4. The molecule has 2 aromatic carbocycles. The summed E-state index contributed by atoms with van der Waals surface area (Å²) in [6, 6.07) is 16.1. The summed E-state index contributed by atoms with van der Waals surface area (Å²) in [7, 11) is 1.54. The lowest BCUT2D eigenvalue weighted by Gasteiger charge is -2.13. The van der Waals surface area contributed by atoms with Crippen molar-refractivity contribution in [1.82, 2.24) is 10.3 Å². The molecule has 5 nitrogen and oxygen atoms in total. The largest absolute Gasteiger partial charge is 0.495 e. The predicted molar refractivity (Wildman–Crippen MR) is 146 cm³/mol. The molecule has 9 heteroatoms. The van der Waals surface area contributed by atoms with Gasteiger partial charge in [-0.25, -0.2) is 0 Å². The lowest BCUT2D eigenvalue weighted by molar-refractivity contribution is 0.415. The monoisotopic (exact) mass is 528 g/mol. The van der Waals surface area contributed by atoms with Crippen molar-refractivity contribution in [3.8, 4) is 22.3 Å². The molecule has 0 amide bonds. The molecule has 0 radical (unpaired) electrons. The zero-order valence-electron chi connectivity index (χ0n) is 18.6. The number of pyridine rings is 1. The maximum Gasteiger partial charge on any atom is 0.139 e. The second-order valence-electron chi connectivity index (χ2n) is 7.44. The molecular weight excluding hydrogens is 507 g/mol. The first-order chi connectivity index (χ1) is 16.5. The molecule has 0 saturated heterocycles. The average Bonchev–Trinajstić information content (AvgIpc) is 3.29. The van der Waals surface area contributed by atoms with Crippen LogP contribution in [0.3, 0.4) is 0 Å². The van der Waals surface area contributed by atoms with Gasteiger partial charge in [-0.2, -0.15) is 17.0 Å². The molecule has 2 heterocycles. The number of hydrogen-bond acceptors (Lipinski definition) is 7. The fraction of sp³-hybridized carbons (Fsp3) is 0.200. The van der Waals surface area contributed by atoms with Crippen LogP contribution in [0.5, 0.6) is 5.75 Å². The van der Waals surface area contributed by atoms with Crippen LogP contribution in [-0.2, 0) is 6.54 Å². The van der Waals surface area contributed by atoms with Gasteiger partial charge in [-0.05, 0) is 29.5 Å². The van der Waals surface area contributed by atoms with Gasteiger partial charge in [0.05, 0.1) is 44.3 Å². The number of nitrogens with zero attached hydrogens (tertiary/aromatic N) is 2. The van der Waals surface area contributed by atoms with Crippen LogP contribution in [0.25, 0.3) is 20.7 Å². The van der Waals surface area contributed by atoms with Crippen LogP contribution >= 0.6 is 46.3 Å². The number of aromatic nitrogens is 1. The number of rotatable bonds is 9. The zero-order chi connectivity index (χ0) is 24.1. The number of fused-ring (bicyclic) bond motifs is 1. The van der Waals surface area contributed by atoms with E-state index in [0.29, 0.717) is 32.7 Å². The van der Waals surface area contributed by atoms with Crippen LogP contribution in [0, 0.1) is 11.3 Å². The maximum absolute atomic E-state index is 9.72. The van der Waals surface area contributed by atoms with Crippen molar-refractivity contribution in [2.75, 3.05) is 31.0 Å². The van der Waals surface area contributed by atoms with Gasteiger partial charge in [0.1, 0.15) is 11.8 Å². The normalized spacial score (nSPS) is 10.9. The number of ether oxygens (including phenoxy) is 1. The Morgan fingerprint density at radius 1 is 1.15 bits per heavy atom. The van der Waals surface area contributed by atoms with Crippen LogP contribution in [0.2, 0.25) is 10.0 Å². The number of halogens is 2. The minimum Gasteiger partial charge on any atom is -0.495 e. The van der Waals surface area contributed by atoms with E-state index in [2.05, 4.69) is 52.2 Å². The van der Waals surface area contributed by atoms with E-state index in [1.165, 1.54) is 5.56 Å². The number of nitriles is 1. The van der Waals surface area contributed by atoms with Crippen LogP contribution in [0.4, 0.5) is 11.4 Å². The Morgan fingerprint density at radius 2 is 1.94 bits per heavy atom. The molecule has 0 aliphatic rings. The maximum atomic E-state index is 9.72. The van der Waals surface area contributed by atoms with E-state index < -0.39 is 0 Å². The molecule has 0 atom stereocenters. The number of benzene rings is 2. The van der Waals surface area contributed by atoms with Gasteiger partial charge in [-0.15, -0.1) is 11.3 Å². The minimum atomic E-state index is 0.416. The molecule has 4 aromatic rings. The minimum absolute atomic E-state index is 0.416. The van der Waals surface area contributed by atoms with Gasteiger partial charge in [0.25, 0.3) is 0 Å². The highest BCUT2D eigenvalue weighted by Crippen LogP contribution is 2.41. The van der Waals surface area contributed by atoms with Gasteiger partial charge >= 0.3 is 0 Å². The number of methoxy groups -OCH3 is 1. The van der Waals surface area contributed by atoms with Crippen LogP contribution in [0.15, 0.2) is 48.7 Å². The third-order valence-electron chi connectivity index (χ3n) is 5.21. The average molecular weight is 530 g/mol. The van der Waals surface area contributed by atoms with Crippen molar-refractivity contribution >= 4 is 67.9 Å². The van der Waals surface area contributed by atoms with E-state index in [0.717, 1.165) is 39.5 Å². The number of thiophene rings is 1. The van der Waals surface area contributed by atoms with E-state index in [1.54, 1.807) is 36.8 Å². The van der Waals surface area contributed by atoms with Crippen molar-refractivity contribution in [3.05, 3.63) is 69.8 Å². The van der Waals surface area contributed by atoms with Crippen molar-refractivity contribution in [2.45, 2.75) is 6.54 Å². The van der Waals surface area contributed by atoms with E-state index in [9.17, 15) is 5.26 Å². The number of hydrogen-bond donors (Lipinski definition) is 2. The Kier molecular flexibility index (Phi) is 8.19. The predicted octanol–water partition coefficient (Wildman–Crippen LogP) is 7.35. The van der Waals surface area contributed by atoms with Crippen molar-refractivity contribution in [1.29, 1.82) is 5.26 Å². The second-order valence-corrected chi connectivity index (χ2v) is 10.3. The van der Waals surface area contributed by atoms with Gasteiger partial charge in [0.15, 0.2) is 0 Å². The summed E-state index contributed by atoms with van der Waals surface area (Å²) in [5.74, 6) is 1.59. The van der Waals surface area contributed by atoms with E-state index >= 15 is 0 Å². The Labute approximate surface area is 217 Å². The highest BCUT2D eigenvalue weighted by molar-refractivity contribution is 7.98. The molecule has 0 saturated carbocycles. The van der Waals surface area contributed by atoms with Crippen LogP contribution < -0.4 is 15.4 Å². The van der Waals surface area contributed by atoms with E-state index in [1.807, 2.05) is 17.8 Å². The Hall–Kier alpha value is -2.47. The summed E-state index contributed by atoms with van der Waals surface area (Å²) < 4.78 is 6.20. The third kappa shape index (κ3) is 5.43. The summed E-state index contributed by atoms with van der Waals surface area (Å²) in [4.78, 5) is 5.57. The van der Waals surface area contributed by atoms with Gasteiger partial charge in [-0.1, -0.05) is 47.5 Å². The molecule has 174 valence electrons. The highest BCUT2D eigenvalue weighted by Gasteiger charge is 2.16. The molecule has 0 fully saturated rings. The van der Waals surface area contributed by atoms with Gasteiger partial charge < -0.3 is 15.4 Å². The first-order valence-electron chi connectivity index (χ1n) is 10.5. The molecule has 0 bridgehead atoms. The Morgan fingerprint density at radius 3 is 2.65 bits per heavy atom. The first kappa shape index (κ1) is 24.6. The summed E-state index contributed by atoms with van der Waals surface area (Å²) in [6.07, 6.45) is 3.68. The fourth-order valence-corrected chi connectivity index (χ4v) is 5.42. The van der Waals surface area contributed by atoms with E-state index in [-0.39, 0.29) is 0 Å². The standard InChI is InChI=1S/C25H22Cl2N4OS2/c1-32-22-10-20(18(26)9-19(22)27)31-24-17(12-28)14-30-21-11-23(34-25(21)24)16-5-3-15(4-6-16)13-29-7-8-33-2/h3-6,9-11,14,29H,7-8,13H2,1-2H3,(H,30,31). The molecule has 2 aromatic heterocycles. The van der Waals surface area contributed by atoms with Gasteiger partial charge in [-0.3, -0.25) is 4.98 Å². The number of anilines is 2. The Bertz CT molecular complexity index is 1350.